The van der Waals surface area contributed by atoms with Gasteiger partial charge in [-0.1, -0.05) is 12.1 Å². The molecule has 0 aromatic carbocycles. The summed E-state index contributed by atoms with van der Waals surface area (Å²) < 4.78 is 0. The molecule has 1 N–H and O–H groups in total. The fourth-order valence-electron chi connectivity index (χ4n) is 2.58. The highest BCUT2D eigenvalue weighted by Crippen LogP contribution is 2.09. The summed E-state index contributed by atoms with van der Waals surface area (Å²) in [7, 11) is 0. The molecule has 4 heteroatoms. The van der Waals surface area contributed by atoms with E-state index in [1.54, 1.807) is 0 Å². The van der Waals surface area contributed by atoms with Gasteiger partial charge in [-0.25, -0.2) is 0 Å². The first-order valence-electron chi connectivity index (χ1n) is 7.40. The highest BCUT2D eigenvalue weighted by molar-refractivity contribution is 5.08. The fraction of sp³-hybridized carbons (Fsp3) is 0.562. The Hall–Kier alpha value is -1.23. The van der Waals surface area contributed by atoms with Gasteiger partial charge in [0.25, 0.3) is 0 Å². The Morgan fingerprint density at radius 1 is 1.30 bits per heavy atom. The van der Waals surface area contributed by atoms with Crippen LogP contribution in [0.5, 0.6) is 0 Å². The van der Waals surface area contributed by atoms with E-state index in [1.165, 1.54) is 5.56 Å². The average Bonchev–Trinajstić information content (AvgIpc) is 2.48. The van der Waals surface area contributed by atoms with Gasteiger partial charge in [-0.2, -0.15) is 0 Å². The third-order valence-corrected chi connectivity index (χ3v) is 3.77. The Labute approximate surface area is 121 Å². The first kappa shape index (κ1) is 15.2. The molecule has 0 saturated carbocycles. The lowest BCUT2D eigenvalue weighted by Crippen LogP contribution is -2.48. The molecule has 1 aromatic heterocycles. The third-order valence-electron chi connectivity index (χ3n) is 3.77. The molecule has 4 nitrogen and oxygen atoms in total. The molecule has 1 fully saturated rings. The van der Waals surface area contributed by atoms with Gasteiger partial charge in [-0.15, -0.1) is 6.58 Å². The molecule has 1 atom stereocenters. The van der Waals surface area contributed by atoms with E-state index in [0.29, 0.717) is 0 Å². The van der Waals surface area contributed by atoms with Crippen LogP contribution >= 0.6 is 0 Å². The number of aliphatic hydroxyl groups is 1. The van der Waals surface area contributed by atoms with Crippen LogP contribution in [0.2, 0.25) is 0 Å². The van der Waals surface area contributed by atoms with Crippen LogP contribution in [0.25, 0.3) is 0 Å². The number of pyridine rings is 1. The van der Waals surface area contributed by atoms with E-state index in [1.807, 2.05) is 24.5 Å². The number of rotatable bonds is 7. The molecule has 1 saturated heterocycles. The Bertz CT molecular complexity index is 388. The van der Waals surface area contributed by atoms with Crippen LogP contribution < -0.4 is 0 Å². The van der Waals surface area contributed by atoms with Crippen molar-refractivity contribution >= 4 is 0 Å². The summed E-state index contributed by atoms with van der Waals surface area (Å²) in [5.74, 6) is 0. The second-order valence-electron chi connectivity index (χ2n) is 5.46. The van der Waals surface area contributed by atoms with Crippen molar-refractivity contribution in [1.29, 1.82) is 0 Å². The highest BCUT2D eigenvalue weighted by Gasteiger charge is 2.18. The fourth-order valence-corrected chi connectivity index (χ4v) is 2.58. The maximum Gasteiger partial charge on any atom is 0.0670 e. The zero-order valence-electron chi connectivity index (χ0n) is 12.1. The molecule has 0 spiro atoms. The zero-order valence-corrected chi connectivity index (χ0v) is 12.1. The van der Waals surface area contributed by atoms with Crippen LogP contribution in [0.3, 0.4) is 0 Å². The molecule has 1 aliphatic heterocycles. The minimum absolute atomic E-state index is 0.224. The molecule has 110 valence electrons. The minimum atomic E-state index is -0.224. The predicted octanol–water partition coefficient (Wildman–Crippen LogP) is 1.53. The summed E-state index contributed by atoms with van der Waals surface area (Å²) in [5, 5.41) is 9.92. The van der Waals surface area contributed by atoms with Crippen molar-refractivity contribution in [3.8, 4) is 0 Å². The van der Waals surface area contributed by atoms with Crippen molar-refractivity contribution in [3.63, 3.8) is 0 Å². The van der Waals surface area contributed by atoms with Crippen LogP contribution in [0, 0.1) is 0 Å². The van der Waals surface area contributed by atoms with Gasteiger partial charge in [-0.05, 0) is 24.5 Å². The van der Waals surface area contributed by atoms with Crippen molar-refractivity contribution < 1.29 is 5.11 Å². The molecule has 20 heavy (non-hydrogen) atoms. The topological polar surface area (TPSA) is 39.6 Å². The summed E-state index contributed by atoms with van der Waals surface area (Å²) in [6.07, 6.45) is 7.10. The van der Waals surface area contributed by atoms with Crippen molar-refractivity contribution in [3.05, 3.63) is 42.7 Å². The minimum Gasteiger partial charge on any atom is -0.392 e. The van der Waals surface area contributed by atoms with Gasteiger partial charge >= 0.3 is 0 Å². The Balaban J connectivity index is 1.68. The molecule has 0 radical (unpaired) electrons. The third kappa shape index (κ3) is 5.04. The van der Waals surface area contributed by atoms with Crippen molar-refractivity contribution in [2.75, 3.05) is 32.7 Å². The smallest absolute Gasteiger partial charge is 0.0670 e. The standard InChI is InChI=1S/C16H25N3O/c1-2-3-6-16(20)14-19-10-8-18(9-11-19)13-15-5-4-7-17-12-15/h2,4-5,7,12,16,20H,1,3,6,8-11,13-14H2. The lowest BCUT2D eigenvalue weighted by molar-refractivity contribution is 0.0669. The van der Waals surface area contributed by atoms with Crippen LogP contribution in [0.4, 0.5) is 0 Å². The number of hydrogen-bond donors (Lipinski definition) is 1. The number of β-amino-alcohol motifs (C(OH)–C–C–N with tert-alkyl or cyclic N) is 1. The van der Waals surface area contributed by atoms with Crippen LogP contribution in [-0.2, 0) is 6.54 Å². The first-order chi connectivity index (χ1) is 9.78. The first-order valence-corrected chi connectivity index (χ1v) is 7.40. The van der Waals surface area contributed by atoms with Gasteiger partial charge in [0.2, 0.25) is 0 Å². The van der Waals surface area contributed by atoms with Gasteiger partial charge < -0.3 is 5.11 Å². The Kier molecular flexibility index (Phi) is 6.18. The summed E-state index contributed by atoms with van der Waals surface area (Å²) in [5.41, 5.74) is 1.27. The SMILES string of the molecule is C=CCCC(O)CN1CCN(Cc2cccnc2)CC1. The summed E-state index contributed by atoms with van der Waals surface area (Å²) in [6.45, 7) is 9.64. The molecule has 2 heterocycles. The Morgan fingerprint density at radius 3 is 2.70 bits per heavy atom. The lowest BCUT2D eigenvalue weighted by Gasteiger charge is -2.35. The lowest BCUT2D eigenvalue weighted by atomic mass is 10.1. The van der Waals surface area contributed by atoms with Gasteiger partial charge in [0, 0.05) is 51.7 Å². The molecule has 0 bridgehead atoms. The van der Waals surface area contributed by atoms with E-state index in [9.17, 15) is 5.11 Å². The molecule has 1 aromatic rings. The monoisotopic (exact) mass is 275 g/mol. The number of allylic oxidation sites excluding steroid dienone is 1. The molecular weight excluding hydrogens is 250 g/mol. The van der Waals surface area contributed by atoms with E-state index in [2.05, 4.69) is 27.4 Å². The summed E-state index contributed by atoms with van der Waals surface area (Å²) >= 11 is 0. The highest BCUT2D eigenvalue weighted by atomic mass is 16.3. The van der Waals surface area contributed by atoms with Crippen molar-refractivity contribution in [2.45, 2.75) is 25.5 Å². The molecule has 1 unspecified atom stereocenters. The van der Waals surface area contributed by atoms with Gasteiger partial charge in [-0.3, -0.25) is 14.8 Å². The molecule has 0 aliphatic carbocycles. The van der Waals surface area contributed by atoms with E-state index >= 15 is 0 Å². The molecule has 0 amide bonds. The number of aromatic nitrogens is 1. The van der Waals surface area contributed by atoms with Crippen molar-refractivity contribution in [1.82, 2.24) is 14.8 Å². The molecule has 2 rings (SSSR count). The van der Waals surface area contributed by atoms with E-state index in [-0.39, 0.29) is 6.10 Å². The summed E-state index contributed by atoms with van der Waals surface area (Å²) in [4.78, 5) is 8.96. The number of aliphatic hydroxyl groups excluding tert-OH is 1. The van der Waals surface area contributed by atoms with Crippen LogP contribution in [0.15, 0.2) is 37.2 Å². The summed E-state index contributed by atoms with van der Waals surface area (Å²) in [6, 6.07) is 4.11. The number of piperazine rings is 1. The van der Waals surface area contributed by atoms with E-state index in [4.69, 9.17) is 0 Å². The van der Waals surface area contributed by atoms with Crippen LogP contribution in [0.1, 0.15) is 18.4 Å². The normalized spacial score (nSPS) is 18.9. The van der Waals surface area contributed by atoms with E-state index < -0.39 is 0 Å². The second-order valence-corrected chi connectivity index (χ2v) is 5.46. The van der Waals surface area contributed by atoms with Gasteiger partial charge in [0.05, 0.1) is 6.10 Å². The quantitative estimate of drug-likeness (QED) is 0.766. The maximum atomic E-state index is 9.92. The van der Waals surface area contributed by atoms with E-state index in [0.717, 1.165) is 52.1 Å². The van der Waals surface area contributed by atoms with Crippen molar-refractivity contribution in [2.24, 2.45) is 0 Å². The Morgan fingerprint density at radius 2 is 2.05 bits per heavy atom. The molecular formula is C16H25N3O. The number of nitrogens with zero attached hydrogens (tertiary/aromatic N) is 3. The predicted molar refractivity (Wildman–Crippen MR) is 81.4 cm³/mol. The van der Waals surface area contributed by atoms with Crippen LogP contribution in [-0.4, -0.2) is 58.7 Å². The second kappa shape index (κ2) is 8.15. The zero-order chi connectivity index (χ0) is 14.2. The molecule has 1 aliphatic rings. The number of hydrogen-bond acceptors (Lipinski definition) is 4. The van der Waals surface area contributed by atoms with Gasteiger partial charge in [0.1, 0.15) is 0 Å². The largest absolute Gasteiger partial charge is 0.392 e. The maximum absolute atomic E-state index is 9.92. The average molecular weight is 275 g/mol. The van der Waals surface area contributed by atoms with Gasteiger partial charge in [0.15, 0.2) is 0 Å².